The van der Waals surface area contributed by atoms with Gasteiger partial charge >= 0.3 is 0 Å². The van der Waals surface area contributed by atoms with Crippen LogP contribution in [0.1, 0.15) is 26.7 Å². The molecule has 0 aliphatic rings. The second-order valence-corrected chi connectivity index (χ2v) is 2.01. The van der Waals surface area contributed by atoms with Gasteiger partial charge in [-0.05, 0) is 13.3 Å². The summed E-state index contributed by atoms with van der Waals surface area (Å²) in [4.78, 5) is 4.71. The lowest BCUT2D eigenvalue weighted by molar-refractivity contribution is 0.0634. The molecule has 0 spiro atoms. The van der Waals surface area contributed by atoms with Crippen molar-refractivity contribution in [2.75, 3.05) is 7.11 Å². The minimum absolute atomic E-state index is 0.491. The van der Waals surface area contributed by atoms with Gasteiger partial charge in [0.25, 0.3) is 0 Å². The molecule has 2 nitrogen and oxygen atoms in total. The molecule has 0 saturated heterocycles. The molecule has 0 heterocycles. The van der Waals surface area contributed by atoms with Crippen LogP contribution in [0, 0.1) is 0 Å². The minimum atomic E-state index is 0.491. The van der Waals surface area contributed by atoms with Crippen LogP contribution >= 0.6 is 0 Å². The monoisotopic (exact) mass is 117 g/mol. The summed E-state index contributed by atoms with van der Waals surface area (Å²) in [5, 5.41) is 0. The minimum Gasteiger partial charge on any atom is -0.305 e. The standard InChI is InChI=1S/C6H15NO/c1-4-5-6(2)7-8-3/h6-7H,4-5H2,1-3H3. The first-order chi connectivity index (χ1) is 3.81. The first-order valence-electron chi connectivity index (χ1n) is 3.09. The topological polar surface area (TPSA) is 21.3 Å². The fourth-order valence-electron chi connectivity index (χ4n) is 0.693. The van der Waals surface area contributed by atoms with Gasteiger partial charge < -0.3 is 4.84 Å². The average molecular weight is 117 g/mol. The fourth-order valence-corrected chi connectivity index (χ4v) is 0.693. The SMILES string of the molecule is CCCC(C)NOC. The van der Waals surface area contributed by atoms with Crippen LogP contribution in [0.25, 0.3) is 0 Å². The van der Waals surface area contributed by atoms with E-state index in [1.54, 1.807) is 7.11 Å². The maximum atomic E-state index is 4.71. The van der Waals surface area contributed by atoms with Crippen molar-refractivity contribution in [1.82, 2.24) is 5.48 Å². The van der Waals surface area contributed by atoms with Crippen LogP contribution in [-0.2, 0) is 4.84 Å². The number of hydrogen-bond donors (Lipinski definition) is 1. The highest BCUT2D eigenvalue weighted by atomic mass is 16.6. The average Bonchev–Trinajstić information content (AvgIpc) is 1.68. The Morgan fingerprint density at radius 1 is 1.62 bits per heavy atom. The molecule has 50 valence electrons. The zero-order valence-corrected chi connectivity index (χ0v) is 5.90. The molecule has 0 aliphatic heterocycles. The second-order valence-electron chi connectivity index (χ2n) is 2.01. The van der Waals surface area contributed by atoms with E-state index in [4.69, 9.17) is 4.84 Å². The van der Waals surface area contributed by atoms with Gasteiger partial charge in [-0.3, -0.25) is 0 Å². The maximum absolute atomic E-state index is 4.71. The Morgan fingerprint density at radius 2 is 2.25 bits per heavy atom. The molecule has 1 unspecified atom stereocenters. The van der Waals surface area contributed by atoms with Crippen LogP contribution < -0.4 is 5.48 Å². The molecule has 0 aromatic rings. The number of hydrogen-bond acceptors (Lipinski definition) is 2. The Balaban J connectivity index is 2.92. The number of hydroxylamine groups is 1. The number of rotatable bonds is 4. The van der Waals surface area contributed by atoms with Gasteiger partial charge in [-0.2, -0.15) is 0 Å². The Morgan fingerprint density at radius 3 is 2.62 bits per heavy atom. The summed E-state index contributed by atoms with van der Waals surface area (Å²) in [7, 11) is 1.64. The van der Waals surface area contributed by atoms with Crippen LogP contribution in [0.15, 0.2) is 0 Å². The van der Waals surface area contributed by atoms with Gasteiger partial charge in [-0.1, -0.05) is 13.3 Å². The van der Waals surface area contributed by atoms with Gasteiger partial charge in [0.2, 0.25) is 0 Å². The van der Waals surface area contributed by atoms with Crippen LogP contribution in [0.3, 0.4) is 0 Å². The van der Waals surface area contributed by atoms with Crippen LogP contribution in [0.2, 0.25) is 0 Å². The molecule has 1 atom stereocenters. The van der Waals surface area contributed by atoms with Crippen molar-refractivity contribution in [2.45, 2.75) is 32.7 Å². The lowest BCUT2D eigenvalue weighted by Gasteiger charge is -2.08. The molecule has 0 radical (unpaired) electrons. The van der Waals surface area contributed by atoms with Crippen molar-refractivity contribution in [3.8, 4) is 0 Å². The zero-order valence-electron chi connectivity index (χ0n) is 5.90. The van der Waals surface area contributed by atoms with E-state index in [2.05, 4.69) is 19.3 Å². The van der Waals surface area contributed by atoms with Gasteiger partial charge in [0.05, 0.1) is 7.11 Å². The van der Waals surface area contributed by atoms with E-state index < -0.39 is 0 Å². The van der Waals surface area contributed by atoms with E-state index in [-0.39, 0.29) is 0 Å². The molecule has 1 N–H and O–H groups in total. The molecule has 0 aromatic heterocycles. The molecule has 0 aromatic carbocycles. The summed E-state index contributed by atoms with van der Waals surface area (Å²) < 4.78 is 0. The van der Waals surface area contributed by atoms with E-state index in [9.17, 15) is 0 Å². The van der Waals surface area contributed by atoms with Crippen LogP contribution in [-0.4, -0.2) is 13.2 Å². The van der Waals surface area contributed by atoms with E-state index in [1.807, 2.05) is 0 Å². The molecule has 0 aliphatic carbocycles. The van der Waals surface area contributed by atoms with Crippen molar-refractivity contribution < 1.29 is 4.84 Å². The Kier molecular flexibility index (Phi) is 5.01. The normalized spacial score (nSPS) is 13.9. The first kappa shape index (κ1) is 7.92. The largest absolute Gasteiger partial charge is 0.305 e. The molecule has 2 heteroatoms. The molecule has 8 heavy (non-hydrogen) atoms. The molecule has 0 fully saturated rings. The quantitative estimate of drug-likeness (QED) is 0.561. The molecule has 0 bridgehead atoms. The molecule has 0 rings (SSSR count). The van der Waals surface area contributed by atoms with Crippen molar-refractivity contribution in [1.29, 1.82) is 0 Å². The zero-order chi connectivity index (χ0) is 6.41. The van der Waals surface area contributed by atoms with Crippen molar-refractivity contribution in [3.05, 3.63) is 0 Å². The van der Waals surface area contributed by atoms with Crippen molar-refractivity contribution in [3.63, 3.8) is 0 Å². The first-order valence-corrected chi connectivity index (χ1v) is 3.09. The Bertz CT molecular complexity index is 41.8. The van der Waals surface area contributed by atoms with E-state index in [1.165, 1.54) is 12.8 Å². The summed E-state index contributed by atoms with van der Waals surface area (Å²) in [6.45, 7) is 4.26. The fraction of sp³-hybridized carbons (Fsp3) is 1.00. The van der Waals surface area contributed by atoms with E-state index in [0.29, 0.717) is 6.04 Å². The second kappa shape index (κ2) is 5.06. The third-order valence-corrected chi connectivity index (χ3v) is 1.04. The smallest absolute Gasteiger partial charge is 0.0572 e. The summed E-state index contributed by atoms with van der Waals surface area (Å²) in [6, 6.07) is 0.491. The molecule has 0 amide bonds. The van der Waals surface area contributed by atoms with Gasteiger partial charge in [0.15, 0.2) is 0 Å². The van der Waals surface area contributed by atoms with Gasteiger partial charge in [0, 0.05) is 6.04 Å². The molecular weight excluding hydrogens is 102 g/mol. The van der Waals surface area contributed by atoms with Crippen molar-refractivity contribution >= 4 is 0 Å². The maximum Gasteiger partial charge on any atom is 0.0572 e. The van der Waals surface area contributed by atoms with E-state index >= 15 is 0 Å². The Labute approximate surface area is 51.2 Å². The van der Waals surface area contributed by atoms with Crippen LogP contribution in [0.5, 0.6) is 0 Å². The predicted octanol–water partition coefficient (Wildman–Crippen LogP) is 1.33. The number of nitrogens with one attached hydrogen (secondary N) is 1. The third-order valence-electron chi connectivity index (χ3n) is 1.04. The third kappa shape index (κ3) is 4.09. The summed E-state index contributed by atoms with van der Waals surface area (Å²) in [6.07, 6.45) is 2.38. The van der Waals surface area contributed by atoms with Gasteiger partial charge in [-0.15, -0.1) is 0 Å². The lowest BCUT2D eigenvalue weighted by atomic mass is 10.2. The molecular formula is C6H15NO. The highest BCUT2D eigenvalue weighted by Gasteiger charge is 1.94. The summed E-state index contributed by atoms with van der Waals surface area (Å²) in [5.74, 6) is 0. The molecule has 0 saturated carbocycles. The predicted molar refractivity (Wildman–Crippen MR) is 34.5 cm³/mol. The lowest BCUT2D eigenvalue weighted by Crippen LogP contribution is -2.23. The van der Waals surface area contributed by atoms with Crippen molar-refractivity contribution in [2.24, 2.45) is 0 Å². The highest BCUT2D eigenvalue weighted by Crippen LogP contribution is 1.92. The van der Waals surface area contributed by atoms with Crippen LogP contribution in [0.4, 0.5) is 0 Å². The van der Waals surface area contributed by atoms with Gasteiger partial charge in [-0.25, -0.2) is 5.48 Å². The highest BCUT2D eigenvalue weighted by molar-refractivity contribution is 4.50. The van der Waals surface area contributed by atoms with E-state index in [0.717, 1.165) is 0 Å². The summed E-state index contributed by atoms with van der Waals surface area (Å²) >= 11 is 0. The summed E-state index contributed by atoms with van der Waals surface area (Å²) in [5.41, 5.74) is 2.85. The Hall–Kier alpha value is -0.0800. The van der Waals surface area contributed by atoms with Gasteiger partial charge in [0.1, 0.15) is 0 Å².